The van der Waals surface area contributed by atoms with Crippen molar-refractivity contribution in [2.45, 2.75) is 24.4 Å². The van der Waals surface area contributed by atoms with Crippen molar-refractivity contribution in [2.24, 2.45) is 0 Å². The summed E-state index contributed by atoms with van der Waals surface area (Å²) in [5.41, 5.74) is 3.88. The minimum absolute atomic E-state index is 0.108. The van der Waals surface area contributed by atoms with Gasteiger partial charge in [-0.1, -0.05) is 91.0 Å². The van der Waals surface area contributed by atoms with Crippen LogP contribution in [-0.2, 0) is 4.79 Å². The number of amides is 1. The SMILES string of the molecule is O=C([C@H]1NCCC1c1ccccc1)N1CCN(C(c2ccccc2)c2ccccc2)CC1. The van der Waals surface area contributed by atoms with Crippen LogP contribution in [0.3, 0.4) is 0 Å². The largest absolute Gasteiger partial charge is 0.339 e. The molecule has 0 bridgehead atoms. The Balaban J connectivity index is 1.29. The molecule has 2 heterocycles. The van der Waals surface area contributed by atoms with Crippen LogP contribution in [0.15, 0.2) is 91.0 Å². The number of benzene rings is 3. The molecule has 0 aliphatic carbocycles. The molecule has 1 unspecified atom stereocenters. The average Bonchev–Trinajstić information content (AvgIpc) is 3.36. The highest BCUT2D eigenvalue weighted by Gasteiger charge is 2.37. The van der Waals surface area contributed by atoms with E-state index in [1.165, 1.54) is 16.7 Å². The molecule has 32 heavy (non-hydrogen) atoms. The number of rotatable bonds is 5. The molecule has 0 spiro atoms. The zero-order valence-electron chi connectivity index (χ0n) is 18.4. The van der Waals surface area contributed by atoms with E-state index in [4.69, 9.17) is 0 Å². The van der Waals surface area contributed by atoms with Crippen LogP contribution in [0.4, 0.5) is 0 Å². The van der Waals surface area contributed by atoms with Crippen LogP contribution in [-0.4, -0.2) is 54.5 Å². The summed E-state index contributed by atoms with van der Waals surface area (Å²) in [6.07, 6.45) is 1.02. The van der Waals surface area contributed by atoms with Crippen molar-refractivity contribution in [2.75, 3.05) is 32.7 Å². The standard InChI is InChI=1S/C28H31N3O/c32-28(26-25(16-17-29-26)22-10-4-1-5-11-22)31-20-18-30(19-21-31)27(23-12-6-2-7-13-23)24-14-8-3-9-15-24/h1-15,25-27,29H,16-21H2/t25?,26-/m0/s1. The van der Waals surface area contributed by atoms with Crippen molar-refractivity contribution in [1.29, 1.82) is 0 Å². The Morgan fingerprint density at radius 3 is 1.84 bits per heavy atom. The van der Waals surface area contributed by atoms with Gasteiger partial charge in [0.1, 0.15) is 0 Å². The summed E-state index contributed by atoms with van der Waals surface area (Å²) >= 11 is 0. The first-order chi connectivity index (χ1) is 15.8. The van der Waals surface area contributed by atoms with Crippen molar-refractivity contribution in [3.8, 4) is 0 Å². The topological polar surface area (TPSA) is 35.6 Å². The summed E-state index contributed by atoms with van der Waals surface area (Å²) in [4.78, 5) is 18.0. The normalized spacial score (nSPS) is 21.7. The zero-order chi connectivity index (χ0) is 21.8. The van der Waals surface area contributed by atoms with Gasteiger partial charge in [-0.2, -0.15) is 0 Å². The minimum atomic E-state index is -0.108. The van der Waals surface area contributed by atoms with Gasteiger partial charge in [0.25, 0.3) is 0 Å². The quantitative estimate of drug-likeness (QED) is 0.670. The van der Waals surface area contributed by atoms with Crippen molar-refractivity contribution in [1.82, 2.24) is 15.1 Å². The third kappa shape index (κ3) is 4.34. The summed E-state index contributed by atoms with van der Waals surface area (Å²) in [7, 11) is 0. The molecule has 2 atom stereocenters. The van der Waals surface area contributed by atoms with Gasteiger partial charge in [-0.25, -0.2) is 0 Å². The van der Waals surface area contributed by atoms with Crippen LogP contribution in [0.1, 0.15) is 35.1 Å². The van der Waals surface area contributed by atoms with Crippen molar-refractivity contribution >= 4 is 5.91 Å². The van der Waals surface area contributed by atoms with Gasteiger partial charge >= 0.3 is 0 Å². The highest BCUT2D eigenvalue weighted by molar-refractivity contribution is 5.83. The van der Waals surface area contributed by atoms with E-state index >= 15 is 0 Å². The Labute approximate surface area is 190 Å². The van der Waals surface area contributed by atoms with Gasteiger partial charge in [-0.05, 0) is 29.7 Å². The number of nitrogens with one attached hydrogen (secondary N) is 1. The van der Waals surface area contributed by atoms with E-state index in [1.807, 2.05) is 6.07 Å². The number of piperazine rings is 1. The van der Waals surface area contributed by atoms with Crippen LogP contribution >= 0.6 is 0 Å². The number of nitrogens with zero attached hydrogens (tertiary/aromatic N) is 2. The zero-order valence-corrected chi connectivity index (χ0v) is 18.4. The molecule has 1 N–H and O–H groups in total. The molecule has 3 aromatic rings. The first-order valence-electron chi connectivity index (χ1n) is 11.7. The van der Waals surface area contributed by atoms with Crippen LogP contribution in [0.5, 0.6) is 0 Å². The van der Waals surface area contributed by atoms with Crippen molar-refractivity contribution in [3.05, 3.63) is 108 Å². The van der Waals surface area contributed by atoms with Gasteiger partial charge in [0.2, 0.25) is 5.91 Å². The lowest BCUT2D eigenvalue weighted by atomic mass is 9.91. The maximum absolute atomic E-state index is 13.4. The van der Waals surface area contributed by atoms with Crippen LogP contribution in [0, 0.1) is 0 Å². The van der Waals surface area contributed by atoms with Crippen LogP contribution < -0.4 is 5.32 Å². The lowest BCUT2D eigenvalue weighted by Crippen LogP contribution is -2.54. The van der Waals surface area contributed by atoms with Crippen molar-refractivity contribution in [3.63, 3.8) is 0 Å². The maximum atomic E-state index is 13.4. The second-order valence-corrected chi connectivity index (χ2v) is 8.82. The second-order valence-electron chi connectivity index (χ2n) is 8.82. The molecule has 164 valence electrons. The molecule has 0 radical (unpaired) electrons. The van der Waals surface area contributed by atoms with Crippen LogP contribution in [0.2, 0.25) is 0 Å². The summed E-state index contributed by atoms with van der Waals surface area (Å²) in [6.45, 7) is 4.20. The van der Waals surface area contributed by atoms with Gasteiger partial charge in [-0.15, -0.1) is 0 Å². The Hall–Kier alpha value is -2.95. The second kappa shape index (κ2) is 9.68. The predicted octanol–water partition coefficient (Wildman–Crippen LogP) is 4.07. The molecule has 2 aliphatic heterocycles. The van der Waals surface area contributed by atoms with E-state index in [0.29, 0.717) is 0 Å². The first-order valence-corrected chi connectivity index (χ1v) is 11.7. The summed E-state index contributed by atoms with van der Waals surface area (Å²) < 4.78 is 0. The fourth-order valence-electron chi connectivity index (χ4n) is 5.30. The monoisotopic (exact) mass is 425 g/mol. The molecular formula is C28H31N3O. The van der Waals surface area contributed by atoms with Gasteiger partial charge in [0.15, 0.2) is 0 Å². The number of carbonyl (C=O) groups excluding carboxylic acids is 1. The fraction of sp³-hybridized carbons (Fsp3) is 0.321. The molecule has 1 amide bonds. The third-order valence-corrected chi connectivity index (χ3v) is 6.94. The average molecular weight is 426 g/mol. The molecule has 2 saturated heterocycles. The highest BCUT2D eigenvalue weighted by atomic mass is 16.2. The summed E-state index contributed by atoms with van der Waals surface area (Å²) in [5, 5.41) is 3.48. The van der Waals surface area contributed by atoms with Crippen molar-refractivity contribution < 1.29 is 4.79 Å². The fourth-order valence-corrected chi connectivity index (χ4v) is 5.30. The molecule has 4 heteroatoms. The Bertz CT molecular complexity index is 961. The Kier molecular flexibility index (Phi) is 6.33. The molecule has 3 aromatic carbocycles. The van der Waals surface area contributed by atoms with E-state index in [-0.39, 0.29) is 23.9 Å². The van der Waals surface area contributed by atoms with E-state index < -0.39 is 0 Å². The van der Waals surface area contributed by atoms with E-state index in [1.54, 1.807) is 0 Å². The molecule has 0 saturated carbocycles. The summed E-state index contributed by atoms with van der Waals surface area (Å²) in [5.74, 6) is 0.523. The molecule has 0 aromatic heterocycles. The van der Waals surface area contributed by atoms with Gasteiger partial charge in [0.05, 0.1) is 12.1 Å². The lowest BCUT2D eigenvalue weighted by Gasteiger charge is -2.41. The van der Waals surface area contributed by atoms with Gasteiger partial charge in [0, 0.05) is 32.1 Å². The van der Waals surface area contributed by atoms with E-state index in [2.05, 4.69) is 100 Å². The summed E-state index contributed by atoms with van der Waals surface area (Å²) in [6, 6.07) is 32.0. The molecule has 2 aliphatic rings. The Morgan fingerprint density at radius 1 is 0.750 bits per heavy atom. The first kappa shape index (κ1) is 20.9. The molecule has 4 nitrogen and oxygen atoms in total. The maximum Gasteiger partial charge on any atom is 0.240 e. The molecule has 5 rings (SSSR count). The van der Waals surface area contributed by atoms with Crippen LogP contribution in [0.25, 0.3) is 0 Å². The number of carbonyl (C=O) groups is 1. The van der Waals surface area contributed by atoms with E-state index in [0.717, 1.165) is 39.1 Å². The third-order valence-electron chi connectivity index (χ3n) is 6.94. The van der Waals surface area contributed by atoms with Gasteiger partial charge in [-0.3, -0.25) is 9.69 Å². The minimum Gasteiger partial charge on any atom is -0.339 e. The highest BCUT2D eigenvalue weighted by Crippen LogP contribution is 2.31. The van der Waals surface area contributed by atoms with E-state index in [9.17, 15) is 4.79 Å². The van der Waals surface area contributed by atoms with Gasteiger partial charge < -0.3 is 10.2 Å². The number of hydrogen-bond donors (Lipinski definition) is 1. The lowest BCUT2D eigenvalue weighted by molar-refractivity contribution is -0.135. The molecular weight excluding hydrogens is 394 g/mol. The Morgan fingerprint density at radius 2 is 1.28 bits per heavy atom. The molecule has 2 fully saturated rings. The smallest absolute Gasteiger partial charge is 0.240 e. The number of hydrogen-bond acceptors (Lipinski definition) is 3. The predicted molar refractivity (Wildman–Crippen MR) is 128 cm³/mol.